The Balaban J connectivity index is 2.73. The Hall–Kier alpha value is -1.06. The topological polar surface area (TPSA) is 43.7 Å². The van der Waals surface area contributed by atoms with E-state index < -0.39 is 0 Å². The number of aliphatic hydroxyl groups is 1. The van der Waals surface area contributed by atoms with Crippen LogP contribution in [0, 0.1) is 0 Å². The minimum Gasteiger partial charge on any atom is -0.508 e. The molecule has 0 aliphatic rings. The molecule has 0 aromatic heterocycles. The van der Waals surface area contributed by atoms with Crippen molar-refractivity contribution in [2.24, 2.45) is 0 Å². The third kappa shape index (κ3) is 3.01. The fourth-order valence-corrected chi connectivity index (χ4v) is 1.28. The maximum atomic E-state index is 9.54. The molecule has 0 heterocycles. The van der Waals surface area contributed by atoms with E-state index in [1.54, 1.807) is 12.1 Å². The molecule has 0 fully saturated rings. The molecule has 0 bridgehead atoms. The quantitative estimate of drug-likeness (QED) is 0.753. The number of hydrogen-bond acceptors (Lipinski definition) is 3. The van der Waals surface area contributed by atoms with E-state index in [2.05, 4.69) is 4.90 Å². The van der Waals surface area contributed by atoms with Gasteiger partial charge < -0.3 is 15.1 Å². The summed E-state index contributed by atoms with van der Waals surface area (Å²) in [6.07, 6.45) is 0.798. The molecule has 1 aromatic rings. The molecule has 0 unspecified atom stereocenters. The van der Waals surface area contributed by atoms with Crippen molar-refractivity contribution in [3.8, 4) is 5.75 Å². The molecule has 0 saturated carbocycles. The highest BCUT2D eigenvalue weighted by atomic mass is 16.3. The van der Waals surface area contributed by atoms with E-state index in [1.807, 2.05) is 20.2 Å². The van der Waals surface area contributed by atoms with Gasteiger partial charge in [-0.25, -0.2) is 0 Å². The second kappa shape index (κ2) is 4.98. The zero-order valence-electron chi connectivity index (χ0n) is 8.70. The number of rotatable bonds is 4. The molecule has 0 aliphatic heterocycles. The van der Waals surface area contributed by atoms with Crippen molar-refractivity contribution >= 4 is 0 Å². The number of benzene rings is 1. The number of nitrogens with zero attached hydrogens (tertiary/aromatic N) is 1. The zero-order valence-corrected chi connectivity index (χ0v) is 8.70. The molecule has 0 spiro atoms. The molecular formula is C11H17NO2. The second-order valence-electron chi connectivity index (χ2n) is 3.67. The first kappa shape index (κ1) is 11.0. The van der Waals surface area contributed by atoms with Crippen molar-refractivity contribution in [3.05, 3.63) is 29.3 Å². The normalized spacial score (nSPS) is 10.9. The first-order valence-electron chi connectivity index (χ1n) is 4.70. The van der Waals surface area contributed by atoms with Crippen molar-refractivity contribution in [1.29, 1.82) is 0 Å². The van der Waals surface area contributed by atoms with Crippen molar-refractivity contribution in [1.82, 2.24) is 4.90 Å². The van der Waals surface area contributed by atoms with Gasteiger partial charge in [0, 0.05) is 6.54 Å². The van der Waals surface area contributed by atoms with Gasteiger partial charge in [-0.1, -0.05) is 6.07 Å². The highest BCUT2D eigenvalue weighted by molar-refractivity contribution is 5.36. The minimum absolute atomic E-state index is 0.0231. The van der Waals surface area contributed by atoms with Crippen molar-refractivity contribution in [2.45, 2.75) is 13.0 Å². The average Bonchev–Trinajstić information content (AvgIpc) is 2.16. The summed E-state index contributed by atoms with van der Waals surface area (Å²) in [4.78, 5) is 2.06. The van der Waals surface area contributed by atoms with Crippen molar-refractivity contribution in [3.63, 3.8) is 0 Å². The van der Waals surface area contributed by atoms with Crippen LogP contribution in [-0.4, -0.2) is 35.8 Å². The summed E-state index contributed by atoms with van der Waals surface area (Å²) in [5, 5.41) is 18.5. The predicted molar refractivity (Wildman–Crippen MR) is 56.3 cm³/mol. The van der Waals surface area contributed by atoms with E-state index in [1.165, 1.54) is 0 Å². The Morgan fingerprint density at radius 2 is 2.00 bits per heavy atom. The van der Waals surface area contributed by atoms with Crippen LogP contribution < -0.4 is 0 Å². The van der Waals surface area contributed by atoms with E-state index in [0.717, 1.165) is 24.1 Å². The van der Waals surface area contributed by atoms with E-state index in [4.69, 9.17) is 5.11 Å². The summed E-state index contributed by atoms with van der Waals surface area (Å²) in [6.45, 7) is 0.914. The molecule has 0 radical (unpaired) electrons. The molecule has 0 aliphatic carbocycles. The molecule has 1 aromatic carbocycles. The molecule has 0 saturated heterocycles. The van der Waals surface area contributed by atoms with Crippen LogP contribution in [0.2, 0.25) is 0 Å². The van der Waals surface area contributed by atoms with Crippen LogP contribution in [0.15, 0.2) is 18.2 Å². The average molecular weight is 195 g/mol. The number of phenolic OH excluding ortho intramolecular Hbond substituents is 1. The van der Waals surface area contributed by atoms with Gasteiger partial charge in [0.25, 0.3) is 0 Å². The van der Waals surface area contributed by atoms with E-state index >= 15 is 0 Å². The molecule has 0 atom stereocenters. The molecule has 78 valence electrons. The number of hydrogen-bond donors (Lipinski definition) is 2. The van der Waals surface area contributed by atoms with Gasteiger partial charge >= 0.3 is 0 Å². The number of aliphatic hydroxyl groups excluding tert-OH is 1. The molecule has 0 amide bonds. The van der Waals surface area contributed by atoms with Crippen LogP contribution in [0.3, 0.4) is 0 Å². The first-order chi connectivity index (χ1) is 6.63. The fourth-order valence-electron chi connectivity index (χ4n) is 1.28. The SMILES string of the molecule is CN(C)CCc1cc(CO)ccc1O. The lowest BCUT2D eigenvalue weighted by Gasteiger charge is -2.11. The summed E-state index contributed by atoms with van der Waals surface area (Å²) in [6, 6.07) is 5.21. The fraction of sp³-hybridized carbons (Fsp3) is 0.455. The predicted octanol–water partition coefficient (Wildman–Crippen LogP) is 0.989. The van der Waals surface area contributed by atoms with Gasteiger partial charge in [0.2, 0.25) is 0 Å². The van der Waals surface area contributed by atoms with Gasteiger partial charge in [-0.15, -0.1) is 0 Å². The summed E-state index contributed by atoms with van der Waals surface area (Å²) in [7, 11) is 3.99. The molecule has 14 heavy (non-hydrogen) atoms. The maximum Gasteiger partial charge on any atom is 0.118 e. The van der Waals surface area contributed by atoms with Gasteiger partial charge in [0.05, 0.1) is 6.61 Å². The minimum atomic E-state index is 0.0231. The summed E-state index contributed by atoms with van der Waals surface area (Å²) >= 11 is 0. The van der Waals surface area contributed by atoms with E-state index in [9.17, 15) is 5.11 Å². The highest BCUT2D eigenvalue weighted by Gasteiger charge is 2.02. The first-order valence-corrected chi connectivity index (χ1v) is 4.70. The van der Waals surface area contributed by atoms with Gasteiger partial charge in [-0.05, 0) is 43.8 Å². The van der Waals surface area contributed by atoms with Crippen LogP contribution in [0.5, 0.6) is 5.75 Å². The summed E-state index contributed by atoms with van der Waals surface area (Å²) < 4.78 is 0. The van der Waals surface area contributed by atoms with Crippen LogP contribution >= 0.6 is 0 Å². The van der Waals surface area contributed by atoms with Crippen molar-refractivity contribution in [2.75, 3.05) is 20.6 Å². The van der Waals surface area contributed by atoms with Gasteiger partial charge in [0.15, 0.2) is 0 Å². The van der Waals surface area contributed by atoms with Crippen LogP contribution in [-0.2, 0) is 13.0 Å². The van der Waals surface area contributed by atoms with E-state index in [0.29, 0.717) is 5.75 Å². The summed E-state index contributed by atoms with van der Waals surface area (Å²) in [5.41, 5.74) is 1.74. The maximum absolute atomic E-state index is 9.54. The Kier molecular flexibility index (Phi) is 3.92. The van der Waals surface area contributed by atoms with Crippen LogP contribution in [0.1, 0.15) is 11.1 Å². The molecule has 2 N–H and O–H groups in total. The molecular weight excluding hydrogens is 178 g/mol. The van der Waals surface area contributed by atoms with Crippen LogP contribution in [0.4, 0.5) is 0 Å². The Morgan fingerprint density at radius 3 is 2.57 bits per heavy atom. The monoisotopic (exact) mass is 195 g/mol. The van der Waals surface area contributed by atoms with Gasteiger partial charge in [-0.2, -0.15) is 0 Å². The lowest BCUT2D eigenvalue weighted by atomic mass is 10.1. The number of phenols is 1. The molecule has 3 nitrogen and oxygen atoms in total. The number of aromatic hydroxyl groups is 1. The smallest absolute Gasteiger partial charge is 0.118 e. The third-order valence-corrected chi connectivity index (χ3v) is 2.15. The van der Waals surface area contributed by atoms with Crippen molar-refractivity contribution < 1.29 is 10.2 Å². The highest BCUT2D eigenvalue weighted by Crippen LogP contribution is 2.19. The lowest BCUT2D eigenvalue weighted by molar-refractivity contribution is 0.281. The van der Waals surface area contributed by atoms with Gasteiger partial charge in [0.1, 0.15) is 5.75 Å². The lowest BCUT2D eigenvalue weighted by Crippen LogP contribution is -2.15. The molecule has 3 heteroatoms. The Bertz CT molecular complexity index is 297. The van der Waals surface area contributed by atoms with E-state index in [-0.39, 0.29) is 6.61 Å². The van der Waals surface area contributed by atoms with Crippen LogP contribution in [0.25, 0.3) is 0 Å². The number of likely N-dealkylation sites (N-methyl/N-ethyl adjacent to an activating group) is 1. The molecule has 1 rings (SSSR count). The van der Waals surface area contributed by atoms with Gasteiger partial charge in [-0.3, -0.25) is 0 Å². The summed E-state index contributed by atoms with van der Waals surface area (Å²) in [5.74, 6) is 0.309. The Morgan fingerprint density at radius 1 is 1.29 bits per heavy atom. The third-order valence-electron chi connectivity index (χ3n) is 2.15. The zero-order chi connectivity index (χ0) is 10.6. The second-order valence-corrected chi connectivity index (χ2v) is 3.67. The largest absolute Gasteiger partial charge is 0.508 e. The Labute approximate surface area is 84.6 Å². The standard InChI is InChI=1S/C11H17NO2/c1-12(2)6-5-10-7-9(8-13)3-4-11(10)14/h3-4,7,13-14H,5-6,8H2,1-2H3.